The van der Waals surface area contributed by atoms with Gasteiger partial charge in [-0.25, -0.2) is 0 Å². The van der Waals surface area contributed by atoms with Gasteiger partial charge < -0.3 is 16.0 Å². The molecule has 0 unspecified atom stereocenters. The van der Waals surface area contributed by atoms with Crippen molar-refractivity contribution in [2.75, 3.05) is 13.1 Å². The van der Waals surface area contributed by atoms with Gasteiger partial charge in [0.05, 0.1) is 6.54 Å². The average Bonchev–Trinajstić information content (AvgIpc) is 2.55. The number of nitrogens with zero attached hydrogens (tertiary/aromatic N) is 1. The van der Waals surface area contributed by atoms with Gasteiger partial charge in [0.1, 0.15) is 12.2 Å². The summed E-state index contributed by atoms with van der Waals surface area (Å²) in [5.41, 5.74) is 4.95. The van der Waals surface area contributed by atoms with Gasteiger partial charge in [-0.1, -0.05) is 6.42 Å². The summed E-state index contributed by atoms with van der Waals surface area (Å²) in [6.07, 6.45) is 5.04. The van der Waals surface area contributed by atoms with E-state index in [9.17, 15) is 9.59 Å². The second-order valence-electron chi connectivity index (χ2n) is 4.32. The smallest absolute Gasteiger partial charge is 0.241 e. The number of carbonyl (C=O) groups is 2. The fraction of sp³-hybridized carbons (Fsp3) is 0.800. The van der Waals surface area contributed by atoms with Crippen LogP contribution in [0.15, 0.2) is 0 Å². The minimum Gasteiger partial charge on any atom is -0.332 e. The highest BCUT2D eigenvalue weighted by molar-refractivity contribution is 5.90. The summed E-state index contributed by atoms with van der Waals surface area (Å²) >= 11 is 0. The number of nitrogens with one attached hydrogen (secondary N) is 1. The predicted octanol–water partition coefficient (Wildman–Crippen LogP) is -0.436. The molecule has 1 saturated heterocycles. The SMILES string of the molecule is NCC(=O)N1CC(=O)NC12CCCCC2. The Kier molecular flexibility index (Phi) is 2.65. The van der Waals surface area contributed by atoms with Crippen LogP contribution in [0.25, 0.3) is 0 Å². The van der Waals surface area contributed by atoms with Crippen molar-refractivity contribution in [3.63, 3.8) is 0 Å². The van der Waals surface area contributed by atoms with Crippen LogP contribution in [0.2, 0.25) is 0 Å². The van der Waals surface area contributed by atoms with Crippen LogP contribution in [0.4, 0.5) is 0 Å². The van der Waals surface area contributed by atoms with Gasteiger partial charge in [-0.15, -0.1) is 0 Å². The molecule has 1 aliphatic carbocycles. The van der Waals surface area contributed by atoms with E-state index < -0.39 is 5.66 Å². The average molecular weight is 211 g/mol. The molecule has 1 heterocycles. The number of amides is 2. The summed E-state index contributed by atoms with van der Waals surface area (Å²) in [6.45, 7) is 0.159. The van der Waals surface area contributed by atoms with Gasteiger partial charge in [-0.05, 0) is 25.7 Å². The maximum absolute atomic E-state index is 11.6. The summed E-state index contributed by atoms with van der Waals surface area (Å²) in [7, 11) is 0. The molecule has 0 aromatic rings. The zero-order valence-electron chi connectivity index (χ0n) is 8.79. The minimum atomic E-state index is -0.411. The molecule has 5 nitrogen and oxygen atoms in total. The normalized spacial score (nSPS) is 24.3. The van der Waals surface area contributed by atoms with Crippen LogP contribution in [-0.2, 0) is 9.59 Å². The first-order chi connectivity index (χ1) is 7.18. The Morgan fingerprint density at radius 1 is 1.40 bits per heavy atom. The number of carbonyl (C=O) groups excluding carboxylic acids is 2. The maximum Gasteiger partial charge on any atom is 0.241 e. The van der Waals surface area contributed by atoms with Crippen LogP contribution >= 0.6 is 0 Å². The molecule has 1 spiro atoms. The van der Waals surface area contributed by atoms with Crippen LogP contribution in [-0.4, -0.2) is 35.5 Å². The van der Waals surface area contributed by atoms with E-state index in [1.807, 2.05) is 0 Å². The maximum atomic E-state index is 11.6. The molecule has 5 heteroatoms. The summed E-state index contributed by atoms with van der Waals surface area (Å²) < 4.78 is 0. The molecule has 1 saturated carbocycles. The van der Waals surface area contributed by atoms with Crippen LogP contribution < -0.4 is 11.1 Å². The quantitative estimate of drug-likeness (QED) is 0.617. The van der Waals surface area contributed by atoms with Crippen molar-refractivity contribution in [1.29, 1.82) is 0 Å². The van der Waals surface area contributed by atoms with Crippen LogP contribution in [0, 0.1) is 0 Å². The molecule has 2 rings (SSSR count). The summed E-state index contributed by atoms with van der Waals surface area (Å²) in [5, 5.41) is 2.95. The first-order valence-corrected chi connectivity index (χ1v) is 5.49. The van der Waals surface area contributed by atoms with E-state index in [0.29, 0.717) is 0 Å². The molecule has 2 fully saturated rings. The molecular formula is C10H17N3O2. The van der Waals surface area contributed by atoms with Crippen molar-refractivity contribution in [3.05, 3.63) is 0 Å². The molecule has 0 radical (unpaired) electrons. The van der Waals surface area contributed by atoms with Crippen molar-refractivity contribution in [2.24, 2.45) is 5.73 Å². The lowest BCUT2D eigenvalue weighted by molar-refractivity contribution is -0.135. The molecule has 84 valence electrons. The largest absolute Gasteiger partial charge is 0.332 e. The summed E-state index contributed by atoms with van der Waals surface area (Å²) in [4.78, 5) is 24.7. The number of nitrogens with two attached hydrogens (primary N) is 1. The molecule has 3 N–H and O–H groups in total. The van der Waals surface area contributed by atoms with Gasteiger partial charge in [-0.2, -0.15) is 0 Å². The molecule has 0 bridgehead atoms. The third-order valence-corrected chi connectivity index (χ3v) is 3.35. The lowest BCUT2D eigenvalue weighted by Crippen LogP contribution is -2.56. The standard InChI is InChI=1S/C10H17N3O2/c11-6-9(15)13-7-8(14)12-10(13)4-2-1-3-5-10/h1-7,11H2,(H,12,14). The Labute approximate surface area is 89.0 Å². The third-order valence-electron chi connectivity index (χ3n) is 3.35. The number of hydrogen-bond donors (Lipinski definition) is 2. The Morgan fingerprint density at radius 2 is 2.07 bits per heavy atom. The van der Waals surface area contributed by atoms with Crippen molar-refractivity contribution >= 4 is 11.8 Å². The van der Waals surface area contributed by atoms with Crippen LogP contribution in [0.3, 0.4) is 0 Å². The Morgan fingerprint density at radius 3 is 2.67 bits per heavy atom. The molecule has 0 aromatic heterocycles. The number of hydrogen-bond acceptors (Lipinski definition) is 3. The van der Waals surface area contributed by atoms with Crippen molar-refractivity contribution in [3.8, 4) is 0 Å². The lowest BCUT2D eigenvalue weighted by atomic mass is 9.88. The van der Waals surface area contributed by atoms with Gasteiger partial charge in [0, 0.05) is 0 Å². The second-order valence-corrected chi connectivity index (χ2v) is 4.32. The van der Waals surface area contributed by atoms with Gasteiger partial charge in [0.15, 0.2) is 0 Å². The van der Waals surface area contributed by atoms with Gasteiger partial charge in [-0.3, -0.25) is 9.59 Å². The Balaban J connectivity index is 2.19. The molecule has 15 heavy (non-hydrogen) atoms. The number of rotatable bonds is 1. The van der Waals surface area contributed by atoms with Crippen molar-refractivity contribution in [2.45, 2.75) is 37.8 Å². The zero-order valence-corrected chi connectivity index (χ0v) is 8.79. The molecule has 2 amide bonds. The predicted molar refractivity (Wildman–Crippen MR) is 54.7 cm³/mol. The highest BCUT2D eigenvalue weighted by Gasteiger charge is 2.46. The van der Waals surface area contributed by atoms with Gasteiger partial charge in [0.25, 0.3) is 0 Å². The minimum absolute atomic E-state index is 0.0172. The molecule has 2 aliphatic rings. The first-order valence-electron chi connectivity index (χ1n) is 5.49. The van der Waals surface area contributed by atoms with E-state index in [1.165, 1.54) is 6.42 Å². The van der Waals surface area contributed by atoms with E-state index in [1.54, 1.807) is 4.90 Å². The molecule has 0 aromatic carbocycles. The third kappa shape index (κ3) is 1.71. The summed E-state index contributed by atoms with van der Waals surface area (Å²) in [6, 6.07) is 0. The fourth-order valence-electron chi connectivity index (χ4n) is 2.63. The molecule has 0 atom stereocenters. The van der Waals surface area contributed by atoms with Gasteiger partial charge >= 0.3 is 0 Å². The fourth-order valence-corrected chi connectivity index (χ4v) is 2.63. The zero-order chi connectivity index (χ0) is 10.9. The first kappa shape index (κ1) is 10.4. The van der Waals surface area contributed by atoms with Crippen LogP contribution in [0.1, 0.15) is 32.1 Å². The van der Waals surface area contributed by atoms with E-state index in [-0.39, 0.29) is 24.9 Å². The molecule has 1 aliphatic heterocycles. The van der Waals surface area contributed by atoms with Crippen molar-refractivity contribution < 1.29 is 9.59 Å². The van der Waals surface area contributed by atoms with Crippen molar-refractivity contribution in [1.82, 2.24) is 10.2 Å². The van der Waals surface area contributed by atoms with E-state index in [4.69, 9.17) is 5.73 Å². The summed E-state index contributed by atoms with van der Waals surface area (Å²) in [5.74, 6) is -0.186. The highest BCUT2D eigenvalue weighted by atomic mass is 16.2. The van der Waals surface area contributed by atoms with E-state index in [0.717, 1.165) is 25.7 Å². The lowest BCUT2D eigenvalue weighted by Gasteiger charge is -2.40. The van der Waals surface area contributed by atoms with Gasteiger partial charge in [0.2, 0.25) is 11.8 Å². The Bertz CT molecular complexity index is 284. The Hall–Kier alpha value is -1.10. The van der Waals surface area contributed by atoms with E-state index in [2.05, 4.69) is 5.32 Å². The molecular weight excluding hydrogens is 194 g/mol. The topological polar surface area (TPSA) is 75.4 Å². The second kappa shape index (κ2) is 3.81. The highest BCUT2D eigenvalue weighted by Crippen LogP contribution is 2.34. The van der Waals surface area contributed by atoms with E-state index >= 15 is 0 Å². The monoisotopic (exact) mass is 211 g/mol. The van der Waals surface area contributed by atoms with Crippen LogP contribution in [0.5, 0.6) is 0 Å².